The van der Waals surface area contributed by atoms with E-state index in [-0.39, 0.29) is 11.4 Å². The van der Waals surface area contributed by atoms with Crippen molar-refractivity contribution in [3.05, 3.63) is 45.3 Å². The van der Waals surface area contributed by atoms with Gasteiger partial charge in [0.1, 0.15) is 5.76 Å². The summed E-state index contributed by atoms with van der Waals surface area (Å²) in [5, 5.41) is 17.9. The molecule has 0 unspecified atom stereocenters. The number of ether oxygens (including phenoxy) is 1. The largest absolute Gasteiger partial charge is 0.490 e. The quantitative estimate of drug-likeness (QED) is 0.667. The van der Waals surface area contributed by atoms with E-state index in [9.17, 15) is 10.1 Å². The van der Waals surface area contributed by atoms with Crippen LogP contribution in [-0.2, 0) is 6.54 Å². The molecule has 7 heteroatoms. The monoisotopic (exact) mass is 277 g/mol. The first kappa shape index (κ1) is 13.9. The van der Waals surface area contributed by atoms with Crippen molar-refractivity contribution in [3.8, 4) is 5.75 Å². The average Bonchev–Trinajstić information content (AvgIpc) is 2.75. The molecule has 0 spiro atoms. The summed E-state index contributed by atoms with van der Waals surface area (Å²) >= 11 is 0. The van der Waals surface area contributed by atoms with Crippen LogP contribution in [0, 0.1) is 24.0 Å². The van der Waals surface area contributed by atoms with E-state index in [1.165, 1.54) is 13.2 Å². The van der Waals surface area contributed by atoms with Gasteiger partial charge in [-0.05, 0) is 26.0 Å². The minimum absolute atomic E-state index is 0.0729. The molecule has 1 heterocycles. The summed E-state index contributed by atoms with van der Waals surface area (Å²) in [5.74, 6) is 0.968. The molecule has 0 aliphatic rings. The van der Waals surface area contributed by atoms with Gasteiger partial charge in [-0.2, -0.15) is 0 Å². The van der Waals surface area contributed by atoms with Crippen molar-refractivity contribution in [2.45, 2.75) is 20.4 Å². The lowest BCUT2D eigenvalue weighted by Gasteiger charge is -2.07. The van der Waals surface area contributed by atoms with E-state index in [0.717, 1.165) is 17.0 Å². The predicted molar refractivity (Wildman–Crippen MR) is 73.0 cm³/mol. The van der Waals surface area contributed by atoms with E-state index >= 15 is 0 Å². The summed E-state index contributed by atoms with van der Waals surface area (Å²) in [6, 6.07) is 4.73. The number of rotatable bonds is 5. The zero-order chi connectivity index (χ0) is 14.7. The second-order valence-corrected chi connectivity index (χ2v) is 4.30. The Hall–Kier alpha value is -2.57. The van der Waals surface area contributed by atoms with Crippen LogP contribution in [0.3, 0.4) is 0 Å². The first-order valence-corrected chi connectivity index (χ1v) is 6.01. The van der Waals surface area contributed by atoms with Gasteiger partial charge in [-0.1, -0.05) is 5.16 Å². The number of aryl methyl sites for hydroxylation is 2. The Balaban J connectivity index is 2.18. The van der Waals surface area contributed by atoms with Gasteiger partial charge in [0.2, 0.25) is 0 Å². The highest BCUT2D eigenvalue weighted by Gasteiger charge is 2.15. The molecule has 2 aromatic rings. The van der Waals surface area contributed by atoms with Gasteiger partial charge >= 0.3 is 5.69 Å². The van der Waals surface area contributed by atoms with Gasteiger partial charge in [0.15, 0.2) is 5.75 Å². The molecule has 0 amide bonds. The van der Waals surface area contributed by atoms with E-state index < -0.39 is 4.92 Å². The fraction of sp³-hybridized carbons (Fsp3) is 0.308. The Morgan fingerprint density at radius 1 is 1.45 bits per heavy atom. The van der Waals surface area contributed by atoms with Gasteiger partial charge in [-0.3, -0.25) is 10.1 Å². The number of aromatic nitrogens is 1. The molecule has 0 aliphatic carbocycles. The number of hydrogen-bond donors (Lipinski definition) is 1. The molecule has 0 atom stereocenters. The molecule has 106 valence electrons. The third-order valence-electron chi connectivity index (χ3n) is 3.03. The van der Waals surface area contributed by atoms with Crippen LogP contribution in [0.4, 0.5) is 11.4 Å². The van der Waals surface area contributed by atoms with Crippen molar-refractivity contribution in [3.63, 3.8) is 0 Å². The van der Waals surface area contributed by atoms with E-state index in [1.54, 1.807) is 12.1 Å². The number of benzene rings is 1. The first-order chi connectivity index (χ1) is 9.52. The van der Waals surface area contributed by atoms with Crippen molar-refractivity contribution >= 4 is 11.4 Å². The maximum atomic E-state index is 10.9. The van der Waals surface area contributed by atoms with Crippen LogP contribution in [0.1, 0.15) is 17.0 Å². The van der Waals surface area contributed by atoms with Gasteiger partial charge in [0, 0.05) is 23.9 Å². The second-order valence-electron chi connectivity index (χ2n) is 4.30. The van der Waals surface area contributed by atoms with Gasteiger partial charge in [0.25, 0.3) is 0 Å². The smallest absolute Gasteiger partial charge is 0.312 e. The molecule has 0 saturated heterocycles. The Kier molecular flexibility index (Phi) is 3.88. The van der Waals surface area contributed by atoms with Gasteiger partial charge in [-0.25, -0.2) is 0 Å². The van der Waals surface area contributed by atoms with Crippen LogP contribution in [0.15, 0.2) is 22.7 Å². The fourth-order valence-corrected chi connectivity index (χ4v) is 1.89. The first-order valence-electron chi connectivity index (χ1n) is 6.01. The lowest BCUT2D eigenvalue weighted by Crippen LogP contribution is -2.02. The van der Waals surface area contributed by atoms with Crippen molar-refractivity contribution in [2.75, 3.05) is 12.4 Å². The lowest BCUT2D eigenvalue weighted by atomic mass is 10.2. The number of nitrogens with one attached hydrogen (secondary N) is 1. The van der Waals surface area contributed by atoms with E-state index in [0.29, 0.717) is 12.2 Å². The van der Waals surface area contributed by atoms with Gasteiger partial charge in [-0.15, -0.1) is 0 Å². The molecule has 0 bridgehead atoms. The molecule has 0 aliphatic heterocycles. The van der Waals surface area contributed by atoms with Crippen molar-refractivity contribution in [1.82, 2.24) is 5.16 Å². The van der Waals surface area contributed by atoms with Crippen LogP contribution < -0.4 is 10.1 Å². The summed E-state index contributed by atoms with van der Waals surface area (Å²) in [5.41, 5.74) is 2.32. The molecule has 0 saturated carbocycles. The Morgan fingerprint density at radius 3 is 2.75 bits per heavy atom. The third-order valence-corrected chi connectivity index (χ3v) is 3.03. The van der Waals surface area contributed by atoms with E-state index in [2.05, 4.69) is 10.5 Å². The molecule has 7 nitrogen and oxygen atoms in total. The molecule has 2 rings (SSSR count). The summed E-state index contributed by atoms with van der Waals surface area (Å²) in [4.78, 5) is 10.5. The molecule has 1 aromatic carbocycles. The van der Waals surface area contributed by atoms with Crippen LogP contribution in [-0.4, -0.2) is 17.2 Å². The van der Waals surface area contributed by atoms with Crippen LogP contribution in [0.5, 0.6) is 5.75 Å². The van der Waals surface area contributed by atoms with Crippen molar-refractivity contribution < 1.29 is 14.2 Å². The Bertz CT molecular complexity index is 617. The Morgan fingerprint density at radius 2 is 2.20 bits per heavy atom. The van der Waals surface area contributed by atoms with Crippen LogP contribution in [0.25, 0.3) is 0 Å². The molecule has 0 fully saturated rings. The zero-order valence-corrected chi connectivity index (χ0v) is 11.5. The highest BCUT2D eigenvalue weighted by atomic mass is 16.6. The minimum atomic E-state index is -0.472. The average molecular weight is 277 g/mol. The number of hydrogen-bond acceptors (Lipinski definition) is 6. The number of nitro groups is 1. The summed E-state index contributed by atoms with van der Waals surface area (Å²) in [6.45, 7) is 4.17. The number of nitrogens with zero attached hydrogens (tertiary/aromatic N) is 2. The normalized spacial score (nSPS) is 10.3. The van der Waals surface area contributed by atoms with Gasteiger partial charge in [0.05, 0.1) is 17.7 Å². The summed E-state index contributed by atoms with van der Waals surface area (Å²) in [6.07, 6.45) is 0. The van der Waals surface area contributed by atoms with Crippen LogP contribution >= 0.6 is 0 Å². The predicted octanol–water partition coefficient (Wildman–Crippen LogP) is 2.82. The number of anilines is 1. The standard InChI is InChI=1S/C13H15N3O4/c1-8-11(9(2)20-15-8)7-14-10-4-5-13(19-3)12(6-10)16(17)18/h4-6,14H,7H2,1-3H3. The number of nitro benzene ring substituents is 1. The lowest BCUT2D eigenvalue weighted by molar-refractivity contribution is -0.385. The zero-order valence-electron chi connectivity index (χ0n) is 11.5. The van der Waals surface area contributed by atoms with E-state index in [4.69, 9.17) is 9.26 Å². The molecule has 0 radical (unpaired) electrons. The minimum Gasteiger partial charge on any atom is -0.490 e. The van der Waals surface area contributed by atoms with Crippen molar-refractivity contribution in [1.29, 1.82) is 0 Å². The molecule has 1 N–H and O–H groups in total. The maximum Gasteiger partial charge on any atom is 0.312 e. The number of methoxy groups -OCH3 is 1. The maximum absolute atomic E-state index is 10.9. The molecule has 1 aromatic heterocycles. The fourth-order valence-electron chi connectivity index (χ4n) is 1.89. The SMILES string of the molecule is COc1ccc(NCc2c(C)noc2C)cc1[N+](=O)[O-]. The highest BCUT2D eigenvalue weighted by Crippen LogP contribution is 2.30. The topological polar surface area (TPSA) is 90.4 Å². The van der Waals surface area contributed by atoms with E-state index in [1.807, 2.05) is 13.8 Å². The van der Waals surface area contributed by atoms with Crippen LogP contribution in [0.2, 0.25) is 0 Å². The van der Waals surface area contributed by atoms with Crippen molar-refractivity contribution in [2.24, 2.45) is 0 Å². The second kappa shape index (κ2) is 5.60. The third kappa shape index (κ3) is 2.71. The summed E-state index contributed by atoms with van der Waals surface area (Å²) in [7, 11) is 1.40. The van der Waals surface area contributed by atoms with Gasteiger partial charge < -0.3 is 14.6 Å². The summed E-state index contributed by atoms with van der Waals surface area (Å²) < 4.78 is 10.0. The highest BCUT2D eigenvalue weighted by molar-refractivity contribution is 5.58. The molecular weight excluding hydrogens is 262 g/mol. The molecule has 20 heavy (non-hydrogen) atoms. The Labute approximate surface area is 115 Å². The molecular formula is C13H15N3O4.